The third-order valence-corrected chi connectivity index (χ3v) is 4.92. The maximum absolute atomic E-state index is 10.0. The molecule has 1 aliphatic rings. The average Bonchev–Trinajstić information content (AvgIpc) is 2.86. The van der Waals surface area contributed by atoms with Crippen LogP contribution < -0.4 is 0 Å². The number of benzene rings is 1. The zero-order valence-corrected chi connectivity index (χ0v) is 11.2. The molecule has 0 bridgehead atoms. The Kier molecular flexibility index (Phi) is 3.53. The van der Waals surface area contributed by atoms with Crippen LogP contribution in [0.4, 0.5) is 0 Å². The van der Waals surface area contributed by atoms with E-state index in [9.17, 15) is 5.11 Å². The molecule has 1 nitrogen and oxygen atoms in total. The molecule has 16 heavy (non-hydrogen) atoms. The van der Waals surface area contributed by atoms with Gasteiger partial charge in [0.05, 0.1) is 11.1 Å². The Morgan fingerprint density at radius 1 is 1.50 bits per heavy atom. The van der Waals surface area contributed by atoms with Crippen LogP contribution in [0.5, 0.6) is 0 Å². The van der Waals surface area contributed by atoms with Crippen molar-refractivity contribution < 1.29 is 5.11 Å². The van der Waals surface area contributed by atoms with Crippen LogP contribution in [0.2, 0.25) is 5.02 Å². The Morgan fingerprint density at radius 2 is 2.12 bits per heavy atom. The van der Waals surface area contributed by atoms with Crippen LogP contribution in [0.3, 0.4) is 0 Å². The predicted octanol–water partition coefficient (Wildman–Crippen LogP) is 3.84. The molecule has 0 spiro atoms. The van der Waals surface area contributed by atoms with Gasteiger partial charge in [-0.3, -0.25) is 0 Å². The standard InChI is InChI=1S/C13H17ClOS/c1-13(2)7-9(13)11(15)8-16-12-6-4-3-5-10(12)14/h3-6,9,11,15H,7-8H2,1-2H3. The quantitative estimate of drug-likeness (QED) is 0.826. The van der Waals surface area contributed by atoms with Gasteiger partial charge in [0.2, 0.25) is 0 Å². The zero-order chi connectivity index (χ0) is 11.8. The minimum atomic E-state index is -0.212. The van der Waals surface area contributed by atoms with Crippen molar-refractivity contribution in [3.63, 3.8) is 0 Å². The molecule has 0 amide bonds. The molecule has 0 radical (unpaired) electrons. The van der Waals surface area contributed by atoms with Gasteiger partial charge >= 0.3 is 0 Å². The summed E-state index contributed by atoms with van der Waals surface area (Å²) in [7, 11) is 0. The third kappa shape index (κ3) is 2.73. The smallest absolute Gasteiger partial charge is 0.0667 e. The van der Waals surface area contributed by atoms with Gasteiger partial charge in [-0.25, -0.2) is 0 Å². The van der Waals surface area contributed by atoms with Crippen molar-refractivity contribution in [1.82, 2.24) is 0 Å². The predicted molar refractivity (Wildman–Crippen MR) is 70.1 cm³/mol. The number of aliphatic hydroxyl groups excluding tert-OH is 1. The Balaban J connectivity index is 1.86. The molecule has 2 unspecified atom stereocenters. The molecule has 1 N–H and O–H groups in total. The van der Waals surface area contributed by atoms with Crippen molar-refractivity contribution in [2.45, 2.75) is 31.3 Å². The van der Waals surface area contributed by atoms with Gasteiger partial charge in [-0.1, -0.05) is 37.6 Å². The highest BCUT2D eigenvalue weighted by molar-refractivity contribution is 7.99. The summed E-state index contributed by atoms with van der Waals surface area (Å²) in [6.07, 6.45) is 0.924. The molecule has 1 fully saturated rings. The van der Waals surface area contributed by atoms with E-state index in [1.807, 2.05) is 24.3 Å². The van der Waals surface area contributed by atoms with Gasteiger partial charge in [0.1, 0.15) is 0 Å². The van der Waals surface area contributed by atoms with Crippen LogP contribution in [0.25, 0.3) is 0 Å². The number of aliphatic hydroxyl groups is 1. The average molecular weight is 257 g/mol. The van der Waals surface area contributed by atoms with Gasteiger partial charge in [0.25, 0.3) is 0 Å². The van der Waals surface area contributed by atoms with Crippen LogP contribution in [-0.4, -0.2) is 17.0 Å². The topological polar surface area (TPSA) is 20.2 Å². The van der Waals surface area contributed by atoms with E-state index in [1.165, 1.54) is 0 Å². The van der Waals surface area contributed by atoms with Crippen LogP contribution in [0, 0.1) is 11.3 Å². The molecule has 1 aromatic rings. The molecule has 1 aliphatic carbocycles. The van der Waals surface area contributed by atoms with Crippen LogP contribution in [0.1, 0.15) is 20.3 Å². The van der Waals surface area contributed by atoms with E-state index in [2.05, 4.69) is 13.8 Å². The van der Waals surface area contributed by atoms with Crippen molar-refractivity contribution in [2.75, 3.05) is 5.75 Å². The van der Waals surface area contributed by atoms with Gasteiger partial charge in [-0.15, -0.1) is 11.8 Å². The fourth-order valence-electron chi connectivity index (χ4n) is 2.02. The Labute approximate surface area is 106 Å². The molecule has 0 saturated heterocycles. The molecule has 0 heterocycles. The third-order valence-electron chi connectivity index (χ3n) is 3.30. The maximum atomic E-state index is 10.0. The summed E-state index contributed by atoms with van der Waals surface area (Å²) < 4.78 is 0. The molecule has 88 valence electrons. The summed E-state index contributed by atoms with van der Waals surface area (Å²) in [5.74, 6) is 1.19. The van der Waals surface area contributed by atoms with Crippen LogP contribution in [-0.2, 0) is 0 Å². The molecular weight excluding hydrogens is 240 g/mol. The Hall–Kier alpha value is -0.180. The normalized spacial score (nSPS) is 24.1. The molecule has 1 saturated carbocycles. The number of hydrogen-bond acceptors (Lipinski definition) is 2. The van der Waals surface area contributed by atoms with Crippen molar-refractivity contribution in [2.24, 2.45) is 11.3 Å². The number of thioether (sulfide) groups is 1. The minimum absolute atomic E-state index is 0.212. The van der Waals surface area contributed by atoms with Gasteiger partial charge < -0.3 is 5.11 Å². The van der Waals surface area contributed by atoms with E-state index in [1.54, 1.807) is 11.8 Å². The SMILES string of the molecule is CC1(C)CC1C(O)CSc1ccccc1Cl. The highest BCUT2D eigenvalue weighted by atomic mass is 35.5. The van der Waals surface area contributed by atoms with Crippen molar-refractivity contribution in [3.05, 3.63) is 29.3 Å². The molecule has 0 aliphatic heterocycles. The summed E-state index contributed by atoms with van der Waals surface area (Å²) in [5, 5.41) is 10.8. The molecular formula is C13H17ClOS. The first kappa shape index (κ1) is 12.3. The highest BCUT2D eigenvalue weighted by Gasteiger charge is 2.49. The van der Waals surface area contributed by atoms with Crippen molar-refractivity contribution in [1.29, 1.82) is 0 Å². The van der Waals surface area contributed by atoms with E-state index < -0.39 is 0 Å². The number of halogens is 1. The molecule has 0 aromatic heterocycles. The summed E-state index contributed by atoms with van der Waals surface area (Å²) in [6.45, 7) is 4.42. The largest absolute Gasteiger partial charge is 0.392 e. The molecule has 2 atom stereocenters. The second-order valence-corrected chi connectivity index (χ2v) is 6.58. The lowest BCUT2D eigenvalue weighted by molar-refractivity contribution is 0.160. The van der Waals surface area contributed by atoms with E-state index in [0.717, 1.165) is 22.1 Å². The first-order chi connectivity index (χ1) is 7.50. The van der Waals surface area contributed by atoms with Gasteiger partial charge in [-0.2, -0.15) is 0 Å². The minimum Gasteiger partial charge on any atom is -0.392 e. The summed E-state index contributed by atoms with van der Waals surface area (Å²) in [4.78, 5) is 1.06. The maximum Gasteiger partial charge on any atom is 0.0667 e. The highest BCUT2D eigenvalue weighted by Crippen LogP contribution is 2.54. The van der Waals surface area contributed by atoms with Gasteiger partial charge in [-0.05, 0) is 29.9 Å². The first-order valence-electron chi connectivity index (χ1n) is 5.56. The fraction of sp³-hybridized carbons (Fsp3) is 0.538. The lowest BCUT2D eigenvalue weighted by atomic mass is 10.1. The van der Waals surface area contributed by atoms with Crippen LogP contribution >= 0.6 is 23.4 Å². The lowest BCUT2D eigenvalue weighted by Gasteiger charge is -2.12. The van der Waals surface area contributed by atoms with Crippen molar-refractivity contribution >= 4 is 23.4 Å². The van der Waals surface area contributed by atoms with E-state index in [4.69, 9.17) is 11.6 Å². The zero-order valence-electron chi connectivity index (χ0n) is 9.61. The lowest BCUT2D eigenvalue weighted by Crippen LogP contribution is -2.15. The summed E-state index contributed by atoms with van der Waals surface area (Å²) in [5.41, 5.74) is 0.334. The summed E-state index contributed by atoms with van der Waals surface area (Å²) in [6, 6.07) is 7.78. The van der Waals surface area contributed by atoms with Crippen molar-refractivity contribution in [3.8, 4) is 0 Å². The molecule has 2 rings (SSSR count). The monoisotopic (exact) mass is 256 g/mol. The Bertz CT molecular complexity index is 378. The number of hydrogen-bond donors (Lipinski definition) is 1. The van der Waals surface area contributed by atoms with E-state index >= 15 is 0 Å². The van der Waals surface area contributed by atoms with Gasteiger partial charge in [0.15, 0.2) is 0 Å². The fourth-order valence-corrected chi connectivity index (χ4v) is 3.28. The van der Waals surface area contributed by atoms with E-state index in [-0.39, 0.29) is 6.10 Å². The summed E-state index contributed by atoms with van der Waals surface area (Å²) >= 11 is 7.70. The molecule has 1 aromatic carbocycles. The van der Waals surface area contributed by atoms with Crippen LogP contribution in [0.15, 0.2) is 29.2 Å². The second kappa shape index (κ2) is 4.59. The second-order valence-electron chi connectivity index (χ2n) is 5.11. The van der Waals surface area contributed by atoms with E-state index in [0.29, 0.717) is 11.3 Å². The van der Waals surface area contributed by atoms with Gasteiger partial charge in [0, 0.05) is 10.6 Å². The first-order valence-corrected chi connectivity index (χ1v) is 6.92. The molecule has 3 heteroatoms. The number of rotatable bonds is 4. The Morgan fingerprint density at radius 3 is 2.69 bits per heavy atom.